The van der Waals surface area contributed by atoms with Gasteiger partial charge in [0, 0.05) is 128 Å². The van der Waals surface area contributed by atoms with Crippen molar-refractivity contribution in [2.75, 3.05) is 115 Å². The Hall–Kier alpha value is -8.83. The lowest BCUT2D eigenvalue weighted by Crippen LogP contribution is -2.27. The van der Waals surface area contributed by atoms with Crippen LogP contribution in [-0.2, 0) is 60.1 Å². The summed E-state index contributed by atoms with van der Waals surface area (Å²) in [6, 6.07) is 10.7. The molecule has 0 bridgehead atoms. The number of halogens is 14. The molecule has 9 aromatic rings. The minimum absolute atomic E-state index is 0.0310. The SMILES string of the molecule is CCCCN(C)Cc1cn[nH]c1-c1cc(C(F)(F)F)cc(OCC2CCC2)c1C.CCCCN(C)Cc1cn[nH]c1-c1cc(C(F)(F)F)cc(Oc2cccnc2)c1C.CCCCN(C)Cc1cn[nH]c1-c1cc(OCCOC)c(Cl)c(C(C)(F)F)c1F.CNCCN(C)Cc1cn[nH]c1-c1cc(C(F)(F)F)cc(OCC2CCOCC2)c1F. The van der Waals surface area contributed by atoms with Crippen LogP contribution >= 0.6 is 11.6 Å². The van der Waals surface area contributed by atoms with Crippen LogP contribution in [0.3, 0.4) is 0 Å². The molecule has 1 saturated carbocycles. The first-order valence-corrected chi connectivity index (χ1v) is 40.2. The number of nitrogens with one attached hydrogen (secondary N) is 5. The van der Waals surface area contributed by atoms with Crippen LogP contribution in [0.1, 0.15) is 154 Å². The van der Waals surface area contributed by atoms with Gasteiger partial charge in [-0.25, -0.2) is 17.6 Å². The fourth-order valence-corrected chi connectivity index (χ4v) is 13.6. The molecule has 0 atom stereocenters. The summed E-state index contributed by atoms with van der Waals surface area (Å²) in [4.78, 5) is 12.3. The topological polar surface area (TPSA) is 208 Å². The van der Waals surface area contributed by atoms with E-state index >= 15 is 8.78 Å². The Kier molecular flexibility index (Phi) is 36.3. The van der Waals surface area contributed by atoms with Crippen molar-refractivity contribution in [3.05, 3.63) is 164 Å². The van der Waals surface area contributed by atoms with Crippen LogP contribution in [0.25, 0.3) is 45.0 Å². The number of alkyl halides is 11. The summed E-state index contributed by atoms with van der Waals surface area (Å²) in [7, 11) is 11.1. The fourth-order valence-electron chi connectivity index (χ4n) is 13.3. The first-order chi connectivity index (χ1) is 56.6. The summed E-state index contributed by atoms with van der Waals surface area (Å²) in [6.45, 7) is 18.8. The number of ether oxygens (including phenoxy) is 6. The van der Waals surface area contributed by atoms with Gasteiger partial charge in [-0.05, 0) is 180 Å². The van der Waals surface area contributed by atoms with Gasteiger partial charge in [0.05, 0.1) is 101 Å². The lowest BCUT2D eigenvalue weighted by atomic mass is 9.86. The first-order valence-electron chi connectivity index (χ1n) is 39.8. The zero-order valence-electron chi connectivity index (χ0n) is 69.5. The van der Waals surface area contributed by atoms with Gasteiger partial charge in [-0.2, -0.15) is 59.9 Å². The summed E-state index contributed by atoms with van der Waals surface area (Å²) in [5, 5.41) is 29.9. The van der Waals surface area contributed by atoms with Gasteiger partial charge in [0.1, 0.15) is 35.4 Å². The highest BCUT2D eigenvalue weighted by Gasteiger charge is 2.39. The smallest absolute Gasteiger partial charge is 0.416 e. The highest BCUT2D eigenvalue weighted by molar-refractivity contribution is 6.33. The van der Waals surface area contributed by atoms with Crippen LogP contribution < -0.4 is 24.3 Å². The van der Waals surface area contributed by atoms with Crippen molar-refractivity contribution < 1.29 is 85.5 Å². The lowest BCUT2D eigenvalue weighted by molar-refractivity contribution is -0.138. The van der Waals surface area contributed by atoms with Crippen LogP contribution in [0.4, 0.5) is 57.1 Å². The van der Waals surface area contributed by atoms with E-state index in [9.17, 15) is 48.3 Å². The Morgan fingerprint density at radius 3 is 1.34 bits per heavy atom. The molecule has 654 valence electrons. The molecule has 2 aliphatic rings. The number of methoxy groups -OCH3 is 1. The van der Waals surface area contributed by atoms with Crippen LogP contribution in [0.2, 0.25) is 5.02 Å². The third-order valence-corrected chi connectivity index (χ3v) is 20.8. The summed E-state index contributed by atoms with van der Waals surface area (Å²) >= 11 is 6.07. The van der Waals surface area contributed by atoms with E-state index in [4.69, 9.17) is 40.0 Å². The van der Waals surface area contributed by atoms with Crippen molar-refractivity contribution in [2.45, 2.75) is 163 Å². The van der Waals surface area contributed by atoms with Crippen molar-refractivity contribution in [1.82, 2.24) is 70.7 Å². The molecule has 6 heterocycles. The molecule has 11 rings (SSSR count). The Labute approximate surface area is 691 Å². The molecule has 20 nitrogen and oxygen atoms in total. The average molecular weight is 1710 g/mol. The highest BCUT2D eigenvalue weighted by Crippen LogP contribution is 2.47. The van der Waals surface area contributed by atoms with Gasteiger partial charge in [0.2, 0.25) is 0 Å². The van der Waals surface area contributed by atoms with E-state index in [1.165, 1.54) is 38.1 Å². The fraction of sp³-hybridized carbons (Fsp3) is 0.518. The molecule has 5 N–H and O–H groups in total. The summed E-state index contributed by atoms with van der Waals surface area (Å²) < 4.78 is 214. The number of H-pyrrole nitrogens is 4. The molecule has 1 saturated heterocycles. The maximum Gasteiger partial charge on any atom is 0.416 e. The van der Waals surface area contributed by atoms with Crippen molar-refractivity contribution >= 4 is 11.6 Å². The number of aromatic nitrogens is 9. The zero-order chi connectivity index (χ0) is 86.8. The lowest BCUT2D eigenvalue weighted by Gasteiger charge is -2.26. The first kappa shape index (κ1) is 95.6. The van der Waals surface area contributed by atoms with E-state index < -0.39 is 69.1 Å². The molecule has 1 aliphatic carbocycles. The van der Waals surface area contributed by atoms with Crippen LogP contribution in [0.15, 0.2) is 91.8 Å². The van der Waals surface area contributed by atoms with Gasteiger partial charge in [-0.15, -0.1) is 0 Å². The number of nitrogens with zero attached hydrogens (tertiary/aromatic N) is 9. The Balaban J connectivity index is 0.000000198. The Morgan fingerprint density at radius 1 is 0.513 bits per heavy atom. The standard InChI is InChI=1S/C22H25F3N4O.C22H30F3N3O.C21H28F4N4O2.C20H27ClF3N3O2/c1-4-5-9-29(3)14-16-12-27-28-21(16)19-10-17(22(23,24)25)11-20(15(19)2)30-18-7-6-8-26-13-18;1-4-5-9-28(3)13-17-12-26-27-21(17)19-10-18(22(23,24)25)11-20(15(19)2)29-14-16-7-6-8-16;1-26-5-6-29(2)12-15-11-27-28-20(15)17-9-16(21(23,24)25)10-18(19(17)22)31-13-14-3-7-30-8-4-14;1-5-6-7-27(3)12-13-11-25-26-19(13)14-10-15(29-9-8-28-4)17(21)16(18(14)22)20(2,23)24/h6-8,10-13H,4-5,9,14H2,1-3H3,(H,27,28);10-12,16H,4-9,13-14H2,1-3H3,(H,26,27);9-11,14,26H,3-8,12-13H2,1-2H3,(H,27,28);10-11H,5-9,12H2,1-4H3,(H,25,26). The third kappa shape index (κ3) is 27.9. The van der Waals surface area contributed by atoms with Gasteiger partial charge in [0.25, 0.3) is 5.92 Å². The number of rotatable bonds is 37. The third-order valence-electron chi connectivity index (χ3n) is 20.4. The molecule has 34 heteroatoms. The second-order valence-electron chi connectivity index (χ2n) is 30.2. The number of likely N-dealkylation sites (N-methyl/N-ethyl adjacent to an activating group) is 2. The molecule has 5 aromatic heterocycles. The van der Waals surface area contributed by atoms with Crippen LogP contribution in [0.5, 0.6) is 28.7 Å². The monoisotopic (exact) mass is 1700 g/mol. The van der Waals surface area contributed by atoms with Gasteiger partial charge >= 0.3 is 18.5 Å². The minimum Gasteiger partial charge on any atom is -0.493 e. The predicted octanol–water partition coefficient (Wildman–Crippen LogP) is 20.6. The molecule has 4 aromatic carbocycles. The van der Waals surface area contributed by atoms with Crippen molar-refractivity contribution in [1.29, 1.82) is 0 Å². The number of aromatic amines is 4. The number of unbranched alkanes of at least 4 members (excludes halogenated alkanes) is 3. The summed E-state index contributed by atoms with van der Waals surface area (Å²) in [5.74, 6) is -4.47. The van der Waals surface area contributed by atoms with Gasteiger partial charge in [-0.1, -0.05) is 58.1 Å². The molecule has 0 amide bonds. The second kappa shape index (κ2) is 45.2. The largest absolute Gasteiger partial charge is 0.493 e. The van der Waals surface area contributed by atoms with Crippen molar-refractivity contribution in [3.8, 4) is 73.8 Å². The number of pyridine rings is 1. The molecule has 1 aliphatic heterocycles. The van der Waals surface area contributed by atoms with Gasteiger partial charge in [-0.3, -0.25) is 25.4 Å². The molecule has 119 heavy (non-hydrogen) atoms. The predicted molar refractivity (Wildman–Crippen MR) is 433 cm³/mol. The van der Waals surface area contributed by atoms with Gasteiger partial charge < -0.3 is 53.3 Å². The van der Waals surface area contributed by atoms with Crippen LogP contribution in [0, 0.1) is 37.3 Å². The van der Waals surface area contributed by atoms with E-state index in [0.717, 1.165) is 132 Å². The zero-order valence-corrected chi connectivity index (χ0v) is 70.2. The Morgan fingerprint density at radius 2 is 0.924 bits per heavy atom. The molecular formula is C85H110ClF13N14O6. The molecular weight excluding hydrogens is 1600 g/mol. The van der Waals surface area contributed by atoms with E-state index in [0.29, 0.717) is 127 Å². The van der Waals surface area contributed by atoms with E-state index in [1.807, 2.05) is 47.1 Å². The normalized spacial score (nSPS) is 13.6. The van der Waals surface area contributed by atoms with Gasteiger partial charge in [0.15, 0.2) is 11.6 Å². The maximum absolute atomic E-state index is 15.3. The number of benzene rings is 4. The minimum atomic E-state index is -4.64. The van der Waals surface area contributed by atoms with Crippen molar-refractivity contribution in [3.63, 3.8) is 0 Å². The van der Waals surface area contributed by atoms with Crippen LogP contribution in [-0.4, -0.2) is 180 Å². The number of hydrogen-bond acceptors (Lipinski definition) is 16. The highest BCUT2D eigenvalue weighted by atomic mass is 35.5. The second-order valence-corrected chi connectivity index (χ2v) is 30.6. The maximum atomic E-state index is 15.3. The molecule has 0 spiro atoms. The molecule has 2 fully saturated rings. The Bertz CT molecular complexity index is 4580. The van der Waals surface area contributed by atoms with E-state index in [-0.39, 0.29) is 54.1 Å². The molecule has 0 unspecified atom stereocenters. The summed E-state index contributed by atoms with van der Waals surface area (Å²) in [5.41, 5.74) is 3.38. The number of hydrogen-bond donors (Lipinski definition) is 5. The quantitative estimate of drug-likeness (QED) is 0.0181. The summed E-state index contributed by atoms with van der Waals surface area (Å²) in [6.07, 6.45) is 7.06. The van der Waals surface area contributed by atoms with E-state index in [1.54, 1.807) is 43.8 Å². The van der Waals surface area contributed by atoms with Crippen molar-refractivity contribution in [2.24, 2.45) is 11.8 Å². The van der Waals surface area contributed by atoms with E-state index in [2.05, 4.69) is 86.6 Å². The average Bonchev–Trinajstić information content (AvgIpc) is 1.75. The molecule has 0 radical (unpaired) electrons.